The maximum absolute atomic E-state index is 6.59. The maximum Gasteiger partial charge on any atom is 0.136 e. The number of nitrogens with zero attached hydrogens (tertiary/aromatic N) is 1. The van der Waals surface area contributed by atoms with Crippen molar-refractivity contribution >= 4 is 49.3 Å². The highest BCUT2D eigenvalue weighted by Gasteiger charge is 2.28. The number of amidine groups is 1. The van der Waals surface area contributed by atoms with Crippen molar-refractivity contribution in [3.8, 4) is 22.3 Å². The molecule has 1 aliphatic rings. The molecular weight excluding hydrogens is 623 g/mol. The van der Waals surface area contributed by atoms with Gasteiger partial charge in [0.2, 0.25) is 0 Å². The molecule has 0 saturated heterocycles. The van der Waals surface area contributed by atoms with E-state index < -0.39 is 0 Å². The van der Waals surface area contributed by atoms with Crippen LogP contribution in [0.25, 0.3) is 65.7 Å². The van der Waals surface area contributed by atoms with E-state index in [1.807, 2.05) is 12.1 Å². The van der Waals surface area contributed by atoms with Gasteiger partial charge in [-0.1, -0.05) is 152 Å². The number of hydrogen-bond acceptors (Lipinski definition) is 4. The average Bonchev–Trinajstić information content (AvgIpc) is 3.59. The number of hydrogen-bond donors (Lipinski definition) is 2. The minimum Gasteiger partial charge on any atom is -0.456 e. The molecule has 51 heavy (non-hydrogen) atoms. The zero-order chi connectivity index (χ0) is 33.7. The summed E-state index contributed by atoms with van der Waals surface area (Å²) in [5, 5.41) is 14.6. The summed E-state index contributed by atoms with van der Waals surface area (Å²) in [7, 11) is 0. The summed E-state index contributed by atoms with van der Waals surface area (Å²) in [5.74, 6) is 0.822. The quantitative estimate of drug-likeness (QED) is 0.194. The second-order valence-corrected chi connectivity index (χ2v) is 13.2. The first-order valence-electron chi connectivity index (χ1n) is 17.4. The molecule has 2 heterocycles. The van der Waals surface area contributed by atoms with Crippen LogP contribution in [0.4, 0.5) is 0 Å². The molecule has 0 amide bonds. The molecule has 1 aliphatic heterocycles. The number of para-hydroxylation sites is 1. The van der Waals surface area contributed by atoms with Gasteiger partial charge < -0.3 is 9.73 Å². The van der Waals surface area contributed by atoms with Gasteiger partial charge in [-0.3, -0.25) is 5.32 Å². The highest BCUT2D eigenvalue weighted by atomic mass is 16.3. The smallest absolute Gasteiger partial charge is 0.136 e. The Morgan fingerprint density at radius 2 is 1.14 bits per heavy atom. The van der Waals surface area contributed by atoms with E-state index in [-0.39, 0.29) is 12.3 Å². The molecule has 2 unspecified atom stereocenters. The van der Waals surface area contributed by atoms with E-state index in [1.54, 1.807) is 0 Å². The molecule has 242 valence electrons. The first kappa shape index (κ1) is 29.4. The Morgan fingerprint density at radius 3 is 2.00 bits per heavy atom. The van der Waals surface area contributed by atoms with Gasteiger partial charge in [0.15, 0.2) is 0 Å². The minimum absolute atomic E-state index is 0.199. The zero-order valence-corrected chi connectivity index (χ0v) is 27.8. The molecule has 4 heteroatoms. The Bertz CT molecular complexity index is 2760. The van der Waals surface area contributed by atoms with Crippen LogP contribution in [0.3, 0.4) is 0 Å². The van der Waals surface area contributed by atoms with E-state index in [4.69, 9.17) is 9.41 Å². The number of fused-ring (bicyclic) bond motifs is 5. The van der Waals surface area contributed by atoms with Crippen LogP contribution in [-0.4, -0.2) is 5.84 Å². The third kappa shape index (κ3) is 5.25. The Balaban J connectivity index is 1.17. The standard InChI is InChI=1S/C47H33N3O/c1-2-11-30(12-3-1)32-21-24-34(25-22-32)45-48-46(36-26-23-31-13-4-5-15-35(31)27-36)50-47(49-45)41-28-37(39-19-10-16-33-14-6-7-17-38(33)39)29-43-44(41)40-18-8-9-20-42(40)51-43/h1-29,45-46,48H,(H,49,50). The van der Waals surface area contributed by atoms with Crippen LogP contribution in [-0.2, 0) is 0 Å². The molecule has 0 radical (unpaired) electrons. The topological polar surface area (TPSA) is 49.6 Å². The van der Waals surface area contributed by atoms with Crippen molar-refractivity contribution in [2.45, 2.75) is 12.3 Å². The van der Waals surface area contributed by atoms with Crippen LogP contribution in [0.15, 0.2) is 185 Å². The second-order valence-electron chi connectivity index (χ2n) is 13.2. The molecule has 0 aliphatic carbocycles. The van der Waals surface area contributed by atoms with Crippen LogP contribution >= 0.6 is 0 Å². The largest absolute Gasteiger partial charge is 0.456 e. The third-order valence-electron chi connectivity index (χ3n) is 10.1. The molecule has 8 aromatic carbocycles. The summed E-state index contributed by atoms with van der Waals surface area (Å²) < 4.78 is 6.59. The summed E-state index contributed by atoms with van der Waals surface area (Å²) in [5.41, 5.74) is 9.57. The van der Waals surface area contributed by atoms with E-state index in [0.29, 0.717) is 0 Å². The number of aliphatic imine (C=N–C) groups is 1. The second kappa shape index (κ2) is 12.1. The van der Waals surface area contributed by atoms with Crippen molar-refractivity contribution in [1.82, 2.24) is 10.6 Å². The van der Waals surface area contributed by atoms with Gasteiger partial charge in [0.1, 0.15) is 29.3 Å². The molecule has 2 N–H and O–H groups in total. The summed E-state index contributed by atoms with van der Waals surface area (Å²) in [6.07, 6.45) is -0.493. The van der Waals surface area contributed by atoms with Crippen LogP contribution in [0.2, 0.25) is 0 Å². The molecular formula is C47H33N3O. The van der Waals surface area contributed by atoms with Crippen molar-refractivity contribution in [1.29, 1.82) is 0 Å². The van der Waals surface area contributed by atoms with Crippen molar-refractivity contribution in [3.63, 3.8) is 0 Å². The molecule has 0 bridgehead atoms. The number of benzene rings is 8. The fourth-order valence-electron chi connectivity index (χ4n) is 7.59. The lowest BCUT2D eigenvalue weighted by atomic mass is 9.94. The molecule has 10 rings (SSSR count). The van der Waals surface area contributed by atoms with Crippen molar-refractivity contribution in [2.75, 3.05) is 0 Å². The maximum atomic E-state index is 6.59. The Kier molecular flexibility index (Phi) is 7.00. The van der Waals surface area contributed by atoms with Crippen LogP contribution in [0.1, 0.15) is 29.0 Å². The Morgan fingerprint density at radius 1 is 0.451 bits per heavy atom. The first-order chi connectivity index (χ1) is 25.2. The Hall–Kier alpha value is -6.49. The van der Waals surface area contributed by atoms with E-state index in [1.165, 1.54) is 32.7 Å². The van der Waals surface area contributed by atoms with E-state index in [0.717, 1.165) is 55.6 Å². The number of furan rings is 1. The summed E-state index contributed by atoms with van der Waals surface area (Å²) in [6, 6.07) is 62.3. The highest BCUT2D eigenvalue weighted by molar-refractivity contribution is 6.19. The molecule has 2 atom stereocenters. The van der Waals surface area contributed by atoms with Crippen LogP contribution < -0.4 is 10.6 Å². The van der Waals surface area contributed by atoms with Gasteiger partial charge in [-0.2, -0.15) is 0 Å². The zero-order valence-electron chi connectivity index (χ0n) is 27.8. The van der Waals surface area contributed by atoms with Gasteiger partial charge in [-0.05, 0) is 79.2 Å². The molecule has 1 aromatic heterocycles. The van der Waals surface area contributed by atoms with Crippen molar-refractivity contribution < 1.29 is 4.42 Å². The van der Waals surface area contributed by atoms with Gasteiger partial charge in [0.05, 0.1) is 0 Å². The van der Waals surface area contributed by atoms with E-state index >= 15 is 0 Å². The number of rotatable bonds is 5. The normalized spacial score (nSPS) is 16.0. The lowest BCUT2D eigenvalue weighted by molar-refractivity contribution is 0.409. The van der Waals surface area contributed by atoms with Gasteiger partial charge in [0.25, 0.3) is 0 Å². The Labute approximate surface area is 295 Å². The van der Waals surface area contributed by atoms with Gasteiger partial charge in [0, 0.05) is 16.3 Å². The molecule has 9 aromatic rings. The average molecular weight is 656 g/mol. The lowest BCUT2D eigenvalue weighted by Crippen LogP contribution is -2.45. The molecule has 0 saturated carbocycles. The van der Waals surface area contributed by atoms with Crippen LogP contribution in [0.5, 0.6) is 0 Å². The van der Waals surface area contributed by atoms with Gasteiger partial charge in [-0.15, -0.1) is 0 Å². The third-order valence-corrected chi connectivity index (χ3v) is 10.1. The minimum atomic E-state index is -0.294. The van der Waals surface area contributed by atoms with Crippen molar-refractivity contribution in [2.24, 2.45) is 4.99 Å². The molecule has 0 fully saturated rings. The fourth-order valence-corrected chi connectivity index (χ4v) is 7.59. The fraction of sp³-hybridized carbons (Fsp3) is 0.0426. The van der Waals surface area contributed by atoms with E-state index in [9.17, 15) is 0 Å². The predicted molar refractivity (Wildman–Crippen MR) is 211 cm³/mol. The number of nitrogens with one attached hydrogen (secondary N) is 2. The lowest BCUT2D eigenvalue weighted by Gasteiger charge is -2.32. The first-order valence-corrected chi connectivity index (χ1v) is 17.4. The van der Waals surface area contributed by atoms with Gasteiger partial charge >= 0.3 is 0 Å². The van der Waals surface area contributed by atoms with Crippen LogP contribution in [0, 0.1) is 0 Å². The monoisotopic (exact) mass is 655 g/mol. The predicted octanol–water partition coefficient (Wildman–Crippen LogP) is 11.6. The SMILES string of the molecule is c1ccc(-c2ccc(C3N=C(c4cc(-c5cccc6ccccc56)cc5oc6ccccc6c45)NC(c4ccc5ccccc5c4)N3)cc2)cc1. The van der Waals surface area contributed by atoms with E-state index in [2.05, 4.69) is 174 Å². The summed E-state index contributed by atoms with van der Waals surface area (Å²) in [4.78, 5) is 5.45. The molecule has 0 spiro atoms. The summed E-state index contributed by atoms with van der Waals surface area (Å²) >= 11 is 0. The molecule has 4 nitrogen and oxygen atoms in total. The highest BCUT2D eigenvalue weighted by Crippen LogP contribution is 2.39. The summed E-state index contributed by atoms with van der Waals surface area (Å²) in [6.45, 7) is 0. The van der Waals surface area contributed by atoms with Gasteiger partial charge in [-0.25, -0.2) is 4.99 Å². The van der Waals surface area contributed by atoms with Crippen molar-refractivity contribution in [3.05, 3.63) is 193 Å².